The van der Waals surface area contributed by atoms with Crippen LogP contribution in [0.15, 0.2) is 23.0 Å². The fourth-order valence-corrected chi connectivity index (χ4v) is 3.03. The van der Waals surface area contributed by atoms with Gasteiger partial charge in [-0.05, 0) is 50.5 Å². The molecule has 132 valence electrons. The number of carbonyl (C=O) groups excluding carboxylic acids is 1. The molecule has 0 fully saturated rings. The topological polar surface area (TPSA) is 106 Å². The summed E-state index contributed by atoms with van der Waals surface area (Å²) in [5.41, 5.74) is 5.25. The zero-order valence-corrected chi connectivity index (χ0v) is 14.9. The minimum Gasteiger partial charge on any atom is -0.349 e. The Bertz CT molecular complexity index is 946. The highest BCUT2D eigenvalue weighted by Gasteiger charge is 2.19. The van der Waals surface area contributed by atoms with E-state index in [0.717, 1.165) is 33.5 Å². The number of rotatable bonds is 5. The van der Waals surface area contributed by atoms with Gasteiger partial charge in [0, 0.05) is 11.6 Å². The number of fused-ring (bicyclic) bond motifs is 1. The predicted octanol–water partition coefficient (Wildman–Crippen LogP) is 2.25. The van der Waals surface area contributed by atoms with Crippen LogP contribution >= 0.6 is 0 Å². The van der Waals surface area contributed by atoms with Gasteiger partial charge in [0.05, 0.1) is 22.8 Å². The molecule has 7 nitrogen and oxygen atoms in total. The van der Waals surface area contributed by atoms with E-state index in [1.54, 1.807) is 0 Å². The smallest absolute Gasteiger partial charge is 0.323 e. The van der Waals surface area contributed by atoms with Crippen molar-refractivity contribution in [2.45, 2.75) is 40.2 Å². The largest absolute Gasteiger partial charge is 0.349 e. The van der Waals surface area contributed by atoms with Crippen LogP contribution in [0.2, 0.25) is 0 Å². The Balaban J connectivity index is 1.69. The number of aromatic amines is 3. The Labute approximate surface area is 145 Å². The van der Waals surface area contributed by atoms with Crippen molar-refractivity contribution in [3.8, 4) is 0 Å². The molecule has 2 atom stereocenters. The van der Waals surface area contributed by atoms with Gasteiger partial charge in [-0.3, -0.25) is 9.89 Å². The lowest BCUT2D eigenvalue weighted by molar-refractivity contribution is -0.125. The molecule has 7 heteroatoms. The lowest BCUT2D eigenvalue weighted by Gasteiger charge is -2.18. The molecular formula is C18H23N5O2. The molecule has 0 aliphatic heterocycles. The quantitative estimate of drug-likeness (QED) is 0.572. The molecule has 4 N–H and O–H groups in total. The van der Waals surface area contributed by atoms with Crippen molar-refractivity contribution in [3.05, 3.63) is 51.2 Å². The highest BCUT2D eigenvalue weighted by molar-refractivity contribution is 5.80. The molecule has 0 radical (unpaired) electrons. The van der Waals surface area contributed by atoms with Crippen molar-refractivity contribution >= 4 is 16.9 Å². The number of hydrogen-bond acceptors (Lipinski definition) is 3. The summed E-state index contributed by atoms with van der Waals surface area (Å²) in [5.74, 6) is -0.164. The molecule has 0 bridgehead atoms. The van der Waals surface area contributed by atoms with Crippen LogP contribution < -0.4 is 11.0 Å². The van der Waals surface area contributed by atoms with Crippen LogP contribution in [0, 0.1) is 19.8 Å². The van der Waals surface area contributed by atoms with E-state index < -0.39 is 0 Å². The summed E-state index contributed by atoms with van der Waals surface area (Å²) in [4.78, 5) is 29.3. The number of nitrogens with zero attached hydrogens (tertiary/aromatic N) is 1. The minimum absolute atomic E-state index is 0.00448. The van der Waals surface area contributed by atoms with E-state index in [-0.39, 0.29) is 23.6 Å². The lowest BCUT2D eigenvalue weighted by Crippen LogP contribution is -2.32. The SMILES string of the molecule is Cc1n[nH]c(C)c1CC(C)C(=O)NC(C)c1ccc2[nH]c(=O)[nH]c2c1. The number of benzene rings is 1. The molecule has 25 heavy (non-hydrogen) atoms. The van der Waals surface area contributed by atoms with Gasteiger partial charge in [-0.25, -0.2) is 4.79 Å². The number of aryl methyl sites for hydroxylation is 2. The van der Waals surface area contributed by atoms with Gasteiger partial charge in [-0.1, -0.05) is 13.0 Å². The molecule has 0 saturated carbocycles. The highest BCUT2D eigenvalue weighted by Crippen LogP contribution is 2.19. The summed E-state index contributed by atoms with van der Waals surface area (Å²) in [7, 11) is 0. The van der Waals surface area contributed by atoms with Crippen LogP contribution in [-0.2, 0) is 11.2 Å². The molecule has 1 amide bonds. The Morgan fingerprint density at radius 1 is 1.20 bits per heavy atom. The van der Waals surface area contributed by atoms with E-state index in [1.165, 1.54) is 0 Å². The van der Waals surface area contributed by atoms with E-state index >= 15 is 0 Å². The first-order valence-electron chi connectivity index (χ1n) is 8.38. The average molecular weight is 341 g/mol. The molecule has 0 saturated heterocycles. The highest BCUT2D eigenvalue weighted by atomic mass is 16.2. The number of carbonyl (C=O) groups is 1. The third kappa shape index (κ3) is 3.50. The maximum absolute atomic E-state index is 12.5. The van der Waals surface area contributed by atoms with Crippen LogP contribution in [0.1, 0.15) is 42.4 Å². The van der Waals surface area contributed by atoms with Crippen molar-refractivity contribution in [3.63, 3.8) is 0 Å². The van der Waals surface area contributed by atoms with E-state index in [9.17, 15) is 9.59 Å². The van der Waals surface area contributed by atoms with Crippen LogP contribution in [0.5, 0.6) is 0 Å². The first-order chi connectivity index (χ1) is 11.8. The summed E-state index contributed by atoms with van der Waals surface area (Å²) in [6.45, 7) is 7.76. The Hall–Kier alpha value is -2.83. The van der Waals surface area contributed by atoms with Gasteiger partial charge in [-0.2, -0.15) is 5.10 Å². The van der Waals surface area contributed by atoms with E-state index in [1.807, 2.05) is 45.9 Å². The molecule has 0 spiro atoms. The maximum Gasteiger partial charge on any atom is 0.323 e. The molecule has 0 aliphatic rings. The second kappa shape index (κ2) is 6.58. The number of hydrogen-bond donors (Lipinski definition) is 4. The van der Waals surface area contributed by atoms with Gasteiger partial charge >= 0.3 is 5.69 Å². The van der Waals surface area contributed by atoms with E-state index in [0.29, 0.717) is 6.42 Å². The Morgan fingerprint density at radius 2 is 1.92 bits per heavy atom. The average Bonchev–Trinajstić information content (AvgIpc) is 3.09. The summed E-state index contributed by atoms with van der Waals surface area (Å²) < 4.78 is 0. The zero-order chi connectivity index (χ0) is 18.1. The summed E-state index contributed by atoms with van der Waals surface area (Å²) in [5, 5.41) is 10.2. The van der Waals surface area contributed by atoms with Crippen LogP contribution in [0.3, 0.4) is 0 Å². The fraction of sp³-hybridized carbons (Fsp3) is 0.389. The third-order valence-electron chi connectivity index (χ3n) is 4.64. The van der Waals surface area contributed by atoms with E-state index in [2.05, 4.69) is 25.5 Å². The molecule has 2 aromatic heterocycles. The van der Waals surface area contributed by atoms with Crippen molar-refractivity contribution in [2.24, 2.45) is 5.92 Å². The fourth-order valence-electron chi connectivity index (χ4n) is 3.03. The van der Waals surface area contributed by atoms with Crippen LogP contribution in [0.4, 0.5) is 0 Å². The second-order valence-corrected chi connectivity index (χ2v) is 6.63. The number of nitrogens with one attached hydrogen (secondary N) is 4. The molecular weight excluding hydrogens is 318 g/mol. The van der Waals surface area contributed by atoms with Crippen LogP contribution in [0.25, 0.3) is 11.0 Å². The lowest BCUT2D eigenvalue weighted by atomic mass is 9.98. The second-order valence-electron chi connectivity index (χ2n) is 6.63. The maximum atomic E-state index is 12.5. The molecule has 3 rings (SSSR count). The number of aromatic nitrogens is 4. The first-order valence-corrected chi connectivity index (χ1v) is 8.38. The van der Waals surface area contributed by atoms with Gasteiger partial charge in [0.1, 0.15) is 0 Å². The number of amides is 1. The van der Waals surface area contributed by atoms with Crippen molar-refractivity contribution in [1.29, 1.82) is 0 Å². The summed E-state index contributed by atoms with van der Waals surface area (Å²) >= 11 is 0. The molecule has 0 aliphatic carbocycles. The standard InChI is InChI=1S/C18H23N5O2/c1-9(7-14-11(3)22-23-12(14)4)17(24)19-10(2)13-5-6-15-16(8-13)21-18(25)20-15/h5-6,8-10H,7H2,1-4H3,(H,19,24)(H,22,23)(H2,20,21,25). The van der Waals surface area contributed by atoms with E-state index in [4.69, 9.17) is 0 Å². The van der Waals surface area contributed by atoms with Crippen molar-refractivity contribution in [2.75, 3.05) is 0 Å². The van der Waals surface area contributed by atoms with Gasteiger partial charge in [0.15, 0.2) is 0 Å². The van der Waals surface area contributed by atoms with Crippen LogP contribution in [-0.4, -0.2) is 26.1 Å². The Morgan fingerprint density at radius 3 is 2.60 bits per heavy atom. The third-order valence-corrected chi connectivity index (χ3v) is 4.64. The predicted molar refractivity (Wildman–Crippen MR) is 96.4 cm³/mol. The van der Waals surface area contributed by atoms with Crippen molar-refractivity contribution < 1.29 is 4.79 Å². The molecule has 2 heterocycles. The number of H-pyrrole nitrogens is 3. The van der Waals surface area contributed by atoms with Gasteiger partial charge in [0.25, 0.3) is 0 Å². The van der Waals surface area contributed by atoms with Gasteiger partial charge < -0.3 is 15.3 Å². The van der Waals surface area contributed by atoms with Crippen molar-refractivity contribution in [1.82, 2.24) is 25.5 Å². The Kier molecular flexibility index (Phi) is 4.48. The van der Waals surface area contributed by atoms with Gasteiger partial charge in [-0.15, -0.1) is 0 Å². The zero-order valence-electron chi connectivity index (χ0n) is 14.9. The minimum atomic E-state index is -0.233. The van der Waals surface area contributed by atoms with Gasteiger partial charge in [0.2, 0.25) is 5.91 Å². The first kappa shape index (κ1) is 17.0. The molecule has 2 unspecified atom stereocenters. The summed E-state index contributed by atoms with van der Waals surface area (Å²) in [6, 6.07) is 5.48. The molecule has 1 aromatic carbocycles. The monoisotopic (exact) mass is 341 g/mol. The molecule has 3 aromatic rings. The summed E-state index contributed by atoms with van der Waals surface area (Å²) in [6.07, 6.45) is 0.650. The normalized spacial score (nSPS) is 13.8. The number of imidazole rings is 1.